The Balaban J connectivity index is 2.56. The summed E-state index contributed by atoms with van der Waals surface area (Å²) in [5, 5.41) is 0.801. The summed E-state index contributed by atoms with van der Waals surface area (Å²) in [6, 6.07) is 15.0. The second-order valence-electron chi connectivity index (χ2n) is 4.32. The Morgan fingerprint density at radius 2 is 1.26 bits per heavy atom. The van der Waals surface area contributed by atoms with E-state index in [1.54, 1.807) is 0 Å². The summed E-state index contributed by atoms with van der Waals surface area (Å²) in [4.78, 5) is 0. The third-order valence-electron chi connectivity index (χ3n) is 3.31. The minimum atomic E-state index is -0.546. The third-order valence-corrected chi connectivity index (χ3v) is 4.96. The molecule has 2 aromatic rings. The highest BCUT2D eigenvalue weighted by molar-refractivity contribution is 7.26. The molecule has 0 unspecified atom stereocenters. The summed E-state index contributed by atoms with van der Waals surface area (Å²) < 4.78 is 11.9. The molecule has 0 atom stereocenters. The van der Waals surface area contributed by atoms with Gasteiger partial charge in [-0.2, -0.15) is 0 Å². The molecule has 19 heavy (non-hydrogen) atoms. The predicted octanol–water partition coefficient (Wildman–Crippen LogP) is 5.94. The van der Waals surface area contributed by atoms with E-state index < -0.39 is 5.16 Å². The van der Waals surface area contributed by atoms with Crippen molar-refractivity contribution in [3.8, 4) is 0 Å². The van der Waals surface area contributed by atoms with Crippen molar-refractivity contribution in [2.75, 3.05) is 0 Å². The molecule has 0 fully saturated rings. The standard InChI is InChI=1S/C15H13Cl2OP/c1-2-15(19-18,11-3-7-13(16)8-4-11)12-5-9-14(17)10-6-12/h3-10H,2H2,1H3. The molecule has 0 saturated carbocycles. The van der Waals surface area contributed by atoms with Gasteiger partial charge in [0.15, 0.2) is 8.46 Å². The Labute approximate surface area is 124 Å². The van der Waals surface area contributed by atoms with Crippen LogP contribution in [0.15, 0.2) is 48.5 Å². The molecule has 0 spiro atoms. The van der Waals surface area contributed by atoms with Gasteiger partial charge in [-0.15, -0.1) is 0 Å². The zero-order valence-corrected chi connectivity index (χ0v) is 12.8. The van der Waals surface area contributed by atoms with Crippen molar-refractivity contribution in [1.82, 2.24) is 0 Å². The van der Waals surface area contributed by atoms with Crippen LogP contribution >= 0.6 is 31.7 Å². The van der Waals surface area contributed by atoms with Crippen LogP contribution in [-0.4, -0.2) is 0 Å². The largest absolute Gasteiger partial charge is 0.274 e. The molecule has 0 heterocycles. The molecular formula is C15H13Cl2OP. The number of rotatable bonds is 4. The summed E-state index contributed by atoms with van der Waals surface area (Å²) in [6.07, 6.45) is 0.724. The van der Waals surface area contributed by atoms with E-state index in [1.165, 1.54) is 0 Å². The highest BCUT2D eigenvalue weighted by Gasteiger charge is 2.33. The normalized spacial score (nSPS) is 11.7. The Hall–Kier alpha value is -0.880. The first-order valence-electron chi connectivity index (χ1n) is 5.99. The number of halogens is 2. The van der Waals surface area contributed by atoms with Crippen molar-refractivity contribution in [3.63, 3.8) is 0 Å². The SMILES string of the molecule is CCC(P=O)(c1ccc(Cl)cc1)c1ccc(Cl)cc1. The quantitative estimate of drug-likeness (QED) is 0.639. The maximum Gasteiger partial charge on any atom is 0.171 e. The van der Waals surface area contributed by atoms with Crippen LogP contribution < -0.4 is 0 Å². The van der Waals surface area contributed by atoms with E-state index in [9.17, 15) is 4.57 Å². The molecule has 0 aliphatic rings. The molecule has 0 aliphatic heterocycles. The fraction of sp³-hybridized carbons (Fsp3) is 0.200. The lowest BCUT2D eigenvalue weighted by atomic mass is 9.88. The molecule has 1 nitrogen and oxygen atoms in total. The Morgan fingerprint density at radius 1 is 0.895 bits per heavy atom. The highest BCUT2D eigenvalue weighted by Crippen LogP contribution is 2.45. The van der Waals surface area contributed by atoms with Crippen molar-refractivity contribution in [2.24, 2.45) is 0 Å². The van der Waals surface area contributed by atoms with E-state index in [0.717, 1.165) is 17.5 Å². The van der Waals surface area contributed by atoms with Gasteiger partial charge in [0.05, 0.1) is 0 Å². The van der Waals surface area contributed by atoms with Crippen molar-refractivity contribution in [3.05, 3.63) is 69.7 Å². The Kier molecular flexibility index (Phi) is 4.62. The molecule has 0 aromatic heterocycles. The van der Waals surface area contributed by atoms with E-state index in [2.05, 4.69) is 0 Å². The molecule has 0 aliphatic carbocycles. The minimum Gasteiger partial charge on any atom is -0.274 e. The van der Waals surface area contributed by atoms with Crippen LogP contribution in [0.3, 0.4) is 0 Å². The van der Waals surface area contributed by atoms with Crippen LogP contribution in [0.4, 0.5) is 0 Å². The average Bonchev–Trinajstić information content (AvgIpc) is 2.44. The molecule has 0 N–H and O–H groups in total. The number of hydrogen-bond acceptors (Lipinski definition) is 1. The lowest BCUT2D eigenvalue weighted by molar-refractivity contribution is 0.569. The van der Waals surface area contributed by atoms with Crippen LogP contribution in [0.1, 0.15) is 24.5 Å². The van der Waals surface area contributed by atoms with Gasteiger partial charge < -0.3 is 0 Å². The van der Waals surface area contributed by atoms with Gasteiger partial charge in [-0.25, -0.2) is 0 Å². The molecule has 0 bridgehead atoms. The Bertz CT molecular complexity index is 518. The molecule has 98 valence electrons. The summed E-state index contributed by atoms with van der Waals surface area (Å²) in [5.74, 6) is 0. The molecule has 2 aromatic carbocycles. The first kappa shape index (κ1) is 14.5. The van der Waals surface area contributed by atoms with Gasteiger partial charge in [0.2, 0.25) is 0 Å². The van der Waals surface area contributed by atoms with E-state index in [-0.39, 0.29) is 8.46 Å². The van der Waals surface area contributed by atoms with Gasteiger partial charge in [-0.3, -0.25) is 4.57 Å². The second-order valence-corrected chi connectivity index (χ2v) is 6.14. The number of hydrogen-bond donors (Lipinski definition) is 0. The van der Waals surface area contributed by atoms with Crippen molar-refractivity contribution < 1.29 is 4.57 Å². The summed E-state index contributed by atoms with van der Waals surface area (Å²) in [5.41, 5.74) is 1.97. The maximum atomic E-state index is 11.9. The van der Waals surface area contributed by atoms with Crippen LogP contribution in [0.2, 0.25) is 10.0 Å². The van der Waals surface area contributed by atoms with Crippen LogP contribution in [-0.2, 0) is 9.72 Å². The van der Waals surface area contributed by atoms with Crippen LogP contribution in [0.25, 0.3) is 0 Å². The first-order chi connectivity index (χ1) is 9.12. The van der Waals surface area contributed by atoms with Gasteiger partial charge in [0.25, 0.3) is 0 Å². The summed E-state index contributed by atoms with van der Waals surface area (Å²) >= 11 is 11.8. The van der Waals surface area contributed by atoms with Gasteiger partial charge >= 0.3 is 0 Å². The first-order valence-corrected chi connectivity index (χ1v) is 7.56. The topological polar surface area (TPSA) is 17.1 Å². The lowest BCUT2D eigenvalue weighted by Gasteiger charge is -2.26. The van der Waals surface area contributed by atoms with E-state index in [0.29, 0.717) is 10.0 Å². The van der Waals surface area contributed by atoms with Gasteiger partial charge in [-0.1, -0.05) is 54.4 Å². The smallest absolute Gasteiger partial charge is 0.171 e. The van der Waals surface area contributed by atoms with Gasteiger partial charge in [0.1, 0.15) is 5.16 Å². The fourth-order valence-electron chi connectivity index (χ4n) is 2.20. The summed E-state index contributed by atoms with van der Waals surface area (Å²) in [6.45, 7) is 2.02. The minimum absolute atomic E-state index is 0.0653. The van der Waals surface area contributed by atoms with Gasteiger partial charge in [-0.05, 0) is 41.8 Å². The average molecular weight is 311 g/mol. The third kappa shape index (κ3) is 2.84. The predicted molar refractivity (Wildman–Crippen MR) is 81.6 cm³/mol. The molecule has 0 amide bonds. The van der Waals surface area contributed by atoms with Crippen LogP contribution in [0, 0.1) is 0 Å². The highest BCUT2D eigenvalue weighted by atomic mass is 35.5. The molecular weight excluding hydrogens is 298 g/mol. The Morgan fingerprint density at radius 3 is 1.53 bits per heavy atom. The zero-order chi connectivity index (χ0) is 13.9. The van der Waals surface area contributed by atoms with E-state index >= 15 is 0 Å². The number of benzene rings is 2. The van der Waals surface area contributed by atoms with Crippen molar-refractivity contribution >= 4 is 31.7 Å². The van der Waals surface area contributed by atoms with Crippen molar-refractivity contribution in [2.45, 2.75) is 18.5 Å². The van der Waals surface area contributed by atoms with Crippen molar-refractivity contribution in [1.29, 1.82) is 0 Å². The molecule has 4 heteroatoms. The second kappa shape index (κ2) is 6.05. The maximum absolute atomic E-state index is 11.9. The monoisotopic (exact) mass is 310 g/mol. The molecule has 0 radical (unpaired) electrons. The molecule has 2 rings (SSSR count). The van der Waals surface area contributed by atoms with E-state index in [4.69, 9.17) is 23.2 Å². The van der Waals surface area contributed by atoms with E-state index in [1.807, 2.05) is 55.5 Å². The van der Waals surface area contributed by atoms with Crippen LogP contribution in [0.5, 0.6) is 0 Å². The summed E-state index contributed by atoms with van der Waals surface area (Å²) in [7, 11) is 0.0653. The molecule has 0 saturated heterocycles. The zero-order valence-electron chi connectivity index (χ0n) is 10.4. The fourth-order valence-corrected chi connectivity index (χ4v) is 3.09. The lowest BCUT2D eigenvalue weighted by Crippen LogP contribution is -2.19. The van der Waals surface area contributed by atoms with Gasteiger partial charge in [0, 0.05) is 10.0 Å².